The van der Waals surface area contributed by atoms with E-state index in [4.69, 9.17) is 10.2 Å². The number of halogens is 1. The Morgan fingerprint density at radius 2 is 2.11 bits per heavy atom. The van der Waals surface area contributed by atoms with E-state index in [9.17, 15) is 0 Å². The smallest absolute Gasteiger partial charge is 0.136 e. The normalized spacial score (nSPS) is 13.1. The molecule has 3 aromatic rings. The van der Waals surface area contributed by atoms with Crippen LogP contribution >= 0.6 is 12.4 Å². The quantitative estimate of drug-likeness (QED) is 0.801. The molecule has 102 valence electrons. The van der Waals surface area contributed by atoms with Gasteiger partial charge in [0.2, 0.25) is 0 Å². The summed E-state index contributed by atoms with van der Waals surface area (Å²) in [5.41, 5.74) is 8.13. The van der Waals surface area contributed by atoms with Crippen LogP contribution in [0.5, 0.6) is 0 Å². The second kappa shape index (κ2) is 5.23. The zero-order valence-electron chi connectivity index (χ0n) is 11.0. The highest BCUT2D eigenvalue weighted by Gasteiger charge is 2.13. The molecule has 1 atom stereocenters. The fourth-order valence-electron chi connectivity index (χ4n) is 2.18. The number of hydrogen-bond donors (Lipinski definition) is 1. The van der Waals surface area contributed by atoms with E-state index in [0.29, 0.717) is 5.92 Å². The first-order valence-corrected chi connectivity index (χ1v) is 6.24. The summed E-state index contributed by atoms with van der Waals surface area (Å²) in [5.74, 6) is 0.438. The van der Waals surface area contributed by atoms with Gasteiger partial charge in [0, 0.05) is 16.8 Å². The number of rotatable bonds is 3. The third kappa shape index (κ3) is 2.33. The Morgan fingerprint density at radius 3 is 2.84 bits per heavy atom. The van der Waals surface area contributed by atoms with Crippen LogP contribution in [0, 0.1) is 5.92 Å². The molecule has 1 aromatic carbocycles. The summed E-state index contributed by atoms with van der Waals surface area (Å²) >= 11 is 0. The lowest BCUT2D eigenvalue weighted by molar-refractivity contribution is 0.420. The number of benzene rings is 1. The largest absolute Gasteiger partial charge is 0.464 e. The minimum absolute atomic E-state index is 0. The first-order valence-electron chi connectivity index (χ1n) is 6.24. The lowest BCUT2D eigenvalue weighted by atomic mass is 10.1. The van der Waals surface area contributed by atoms with E-state index in [2.05, 4.69) is 18.9 Å². The van der Waals surface area contributed by atoms with Gasteiger partial charge >= 0.3 is 0 Å². The van der Waals surface area contributed by atoms with Gasteiger partial charge in [-0.15, -0.1) is 12.4 Å². The van der Waals surface area contributed by atoms with Crippen molar-refractivity contribution in [1.82, 2.24) is 9.78 Å². The maximum Gasteiger partial charge on any atom is 0.136 e. The highest BCUT2D eigenvalue weighted by molar-refractivity contribution is 6.03. The molecule has 0 spiro atoms. The van der Waals surface area contributed by atoms with Crippen LogP contribution in [0.3, 0.4) is 0 Å². The molecule has 0 fully saturated rings. The lowest BCUT2D eigenvalue weighted by Gasteiger charge is -2.16. The summed E-state index contributed by atoms with van der Waals surface area (Å²) in [6.45, 7) is 4.99. The van der Waals surface area contributed by atoms with Crippen molar-refractivity contribution in [2.24, 2.45) is 11.7 Å². The summed E-state index contributed by atoms with van der Waals surface area (Å²) in [7, 11) is 0. The topological polar surface area (TPSA) is 57.0 Å². The van der Waals surface area contributed by atoms with Crippen LogP contribution in [0.25, 0.3) is 21.9 Å². The van der Waals surface area contributed by atoms with E-state index in [1.807, 2.05) is 29.1 Å². The Bertz CT molecular complexity index is 686. The van der Waals surface area contributed by atoms with Crippen LogP contribution in [0.4, 0.5) is 0 Å². The van der Waals surface area contributed by atoms with Crippen molar-refractivity contribution in [2.45, 2.75) is 26.4 Å². The maximum atomic E-state index is 6.13. The van der Waals surface area contributed by atoms with Gasteiger partial charge in [0.15, 0.2) is 0 Å². The van der Waals surface area contributed by atoms with Crippen LogP contribution in [0.2, 0.25) is 0 Å². The van der Waals surface area contributed by atoms with Crippen molar-refractivity contribution in [3.05, 3.63) is 30.7 Å². The SMILES string of the molecule is CC(C)C(N)Cn1ncc2ccc3occc3c21.Cl. The van der Waals surface area contributed by atoms with Crippen LogP contribution in [0.1, 0.15) is 13.8 Å². The Balaban J connectivity index is 0.00000133. The van der Waals surface area contributed by atoms with Gasteiger partial charge in [-0.2, -0.15) is 5.10 Å². The van der Waals surface area contributed by atoms with E-state index in [0.717, 1.165) is 28.4 Å². The van der Waals surface area contributed by atoms with Gasteiger partial charge in [0.1, 0.15) is 5.58 Å². The third-order valence-corrected chi connectivity index (χ3v) is 3.47. The molecule has 0 aliphatic rings. The molecule has 2 heterocycles. The Labute approximate surface area is 118 Å². The van der Waals surface area contributed by atoms with Crippen LogP contribution in [0.15, 0.2) is 35.1 Å². The Kier molecular flexibility index (Phi) is 3.83. The lowest BCUT2D eigenvalue weighted by Crippen LogP contribution is -2.31. The Morgan fingerprint density at radius 1 is 1.32 bits per heavy atom. The standard InChI is InChI=1S/C14H17N3O.ClH/c1-9(2)12(15)8-17-14-10(7-16-17)3-4-13-11(14)5-6-18-13;/h3-7,9,12H,8,15H2,1-2H3;1H. The highest BCUT2D eigenvalue weighted by Crippen LogP contribution is 2.26. The molecule has 0 aliphatic heterocycles. The van der Waals surface area contributed by atoms with Gasteiger partial charge in [-0.25, -0.2) is 0 Å². The van der Waals surface area contributed by atoms with Gasteiger partial charge in [0.05, 0.1) is 24.5 Å². The number of furan rings is 1. The maximum absolute atomic E-state index is 6.13. The summed E-state index contributed by atoms with van der Waals surface area (Å²) in [4.78, 5) is 0. The summed E-state index contributed by atoms with van der Waals surface area (Å²) in [6.07, 6.45) is 3.60. The molecule has 0 bridgehead atoms. The number of hydrogen-bond acceptors (Lipinski definition) is 3. The third-order valence-electron chi connectivity index (χ3n) is 3.47. The average Bonchev–Trinajstić information content (AvgIpc) is 2.94. The van der Waals surface area contributed by atoms with E-state index in [1.54, 1.807) is 6.26 Å². The zero-order chi connectivity index (χ0) is 12.7. The molecule has 19 heavy (non-hydrogen) atoms. The molecule has 0 saturated carbocycles. The van der Waals surface area contributed by atoms with E-state index < -0.39 is 0 Å². The first kappa shape index (κ1) is 13.9. The van der Waals surface area contributed by atoms with Crippen LogP contribution in [-0.4, -0.2) is 15.8 Å². The van der Waals surface area contributed by atoms with Gasteiger partial charge in [0.25, 0.3) is 0 Å². The predicted molar refractivity (Wildman–Crippen MR) is 79.6 cm³/mol. The number of nitrogens with two attached hydrogens (primary N) is 1. The summed E-state index contributed by atoms with van der Waals surface area (Å²) in [6, 6.07) is 6.10. The molecule has 5 heteroatoms. The fourth-order valence-corrected chi connectivity index (χ4v) is 2.18. The monoisotopic (exact) mass is 279 g/mol. The Hall–Kier alpha value is -1.52. The second-order valence-corrected chi connectivity index (χ2v) is 5.07. The van der Waals surface area contributed by atoms with E-state index in [-0.39, 0.29) is 18.4 Å². The van der Waals surface area contributed by atoms with Crippen molar-refractivity contribution in [1.29, 1.82) is 0 Å². The highest BCUT2D eigenvalue weighted by atomic mass is 35.5. The predicted octanol–water partition coefficient (Wildman–Crippen LogP) is 3.19. The van der Waals surface area contributed by atoms with Crippen molar-refractivity contribution in [3.63, 3.8) is 0 Å². The number of fused-ring (bicyclic) bond motifs is 3. The average molecular weight is 280 g/mol. The number of aromatic nitrogens is 2. The molecule has 4 nitrogen and oxygen atoms in total. The van der Waals surface area contributed by atoms with Gasteiger partial charge in [-0.3, -0.25) is 4.68 Å². The van der Waals surface area contributed by atoms with Crippen LogP contribution < -0.4 is 5.73 Å². The molecule has 0 aliphatic carbocycles. The van der Waals surface area contributed by atoms with E-state index in [1.165, 1.54) is 0 Å². The zero-order valence-corrected chi connectivity index (χ0v) is 11.9. The first-order chi connectivity index (χ1) is 8.66. The molecule has 2 aromatic heterocycles. The molecule has 0 amide bonds. The molecular formula is C14H18ClN3O. The molecular weight excluding hydrogens is 262 g/mol. The van der Waals surface area contributed by atoms with Gasteiger partial charge in [-0.1, -0.05) is 13.8 Å². The van der Waals surface area contributed by atoms with E-state index >= 15 is 0 Å². The van der Waals surface area contributed by atoms with Crippen LogP contribution in [-0.2, 0) is 6.54 Å². The minimum Gasteiger partial charge on any atom is -0.464 e. The van der Waals surface area contributed by atoms with Crippen molar-refractivity contribution in [2.75, 3.05) is 0 Å². The van der Waals surface area contributed by atoms with Crippen molar-refractivity contribution in [3.8, 4) is 0 Å². The van der Waals surface area contributed by atoms with Gasteiger partial charge in [-0.05, 0) is 24.1 Å². The molecule has 1 unspecified atom stereocenters. The minimum atomic E-state index is 0. The van der Waals surface area contributed by atoms with Crippen molar-refractivity contribution >= 4 is 34.3 Å². The van der Waals surface area contributed by atoms with Crippen molar-refractivity contribution < 1.29 is 4.42 Å². The molecule has 2 N–H and O–H groups in total. The molecule has 0 radical (unpaired) electrons. The summed E-state index contributed by atoms with van der Waals surface area (Å²) < 4.78 is 7.41. The second-order valence-electron chi connectivity index (χ2n) is 5.07. The molecule has 0 saturated heterocycles. The summed E-state index contributed by atoms with van der Waals surface area (Å²) in [5, 5.41) is 6.67. The number of nitrogens with zero attached hydrogens (tertiary/aromatic N) is 2. The fraction of sp³-hybridized carbons (Fsp3) is 0.357. The van der Waals surface area contributed by atoms with Gasteiger partial charge < -0.3 is 10.2 Å². The molecule has 3 rings (SSSR count).